The van der Waals surface area contributed by atoms with Gasteiger partial charge in [0.1, 0.15) is 11.6 Å². The van der Waals surface area contributed by atoms with Crippen molar-refractivity contribution < 1.29 is 9.59 Å². The maximum Gasteiger partial charge on any atom is 0.132 e. The number of carbonyl (C=O) groups is 2. The number of hydrogen-bond donors (Lipinski definition) is 0. The van der Waals surface area contributed by atoms with Crippen LogP contribution in [0.4, 0.5) is 0 Å². The first-order valence-electron chi connectivity index (χ1n) is 7.18. The zero-order valence-corrected chi connectivity index (χ0v) is 11.6. The lowest BCUT2D eigenvalue weighted by atomic mass is 10.0. The van der Waals surface area contributed by atoms with Crippen molar-refractivity contribution in [2.45, 2.75) is 84.5 Å². The van der Waals surface area contributed by atoms with Crippen molar-refractivity contribution in [3.63, 3.8) is 0 Å². The lowest BCUT2D eigenvalue weighted by Crippen LogP contribution is -1.98. The Bertz CT molecular complexity index is 209. The molecule has 0 N–H and O–H groups in total. The standard InChI is InChI=1S/C15H28O2/c1-3-4-5-6-9-12-15(17)13-10-7-8-11-14(2)16/h3-13H2,1-2H3. The Labute approximate surface area is 106 Å². The third-order valence-electron chi connectivity index (χ3n) is 3.04. The molecule has 0 fully saturated rings. The highest BCUT2D eigenvalue weighted by Gasteiger charge is 2.02. The normalized spacial score (nSPS) is 10.5. The second-order valence-corrected chi connectivity index (χ2v) is 4.97. The van der Waals surface area contributed by atoms with Crippen LogP contribution in [0.1, 0.15) is 84.5 Å². The Morgan fingerprint density at radius 1 is 0.706 bits per heavy atom. The van der Waals surface area contributed by atoms with Crippen molar-refractivity contribution in [2.24, 2.45) is 0 Å². The number of Topliss-reactive ketones (excluding diaryl/α,β-unsaturated/α-hetero) is 2. The lowest BCUT2D eigenvalue weighted by Gasteiger charge is -2.01. The van der Waals surface area contributed by atoms with Gasteiger partial charge in [-0.25, -0.2) is 0 Å². The molecule has 0 rings (SSSR count). The second kappa shape index (κ2) is 11.8. The highest BCUT2D eigenvalue weighted by atomic mass is 16.1. The summed E-state index contributed by atoms with van der Waals surface area (Å²) < 4.78 is 0. The Balaban J connectivity index is 3.20. The number of hydrogen-bond acceptors (Lipinski definition) is 2. The van der Waals surface area contributed by atoms with E-state index in [1.54, 1.807) is 6.92 Å². The van der Waals surface area contributed by atoms with E-state index in [2.05, 4.69) is 6.92 Å². The second-order valence-electron chi connectivity index (χ2n) is 4.97. The van der Waals surface area contributed by atoms with Crippen LogP contribution >= 0.6 is 0 Å². The van der Waals surface area contributed by atoms with Gasteiger partial charge in [-0.1, -0.05) is 39.0 Å². The van der Waals surface area contributed by atoms with Crippen molar-refractivity contribution in [3.8, 4) is 0 Å². The lowest BCUT2D eigenvalue weighted by molar-refractivity contribution is -0.119. The molecule has 0 aliphatic heterocycles. The predicted molar refractivity (Wildman–Crippen MR) is 72.1 cm³/mol. The minimum atomic E-state index is 0.257. The van der Waals surface area contributed by atoms with Crippen molar-refractivity contribution in [2.75, 3.05) is 0 Å². The van der Waals surface area contributed by atoms with Gasteiger partial charge in [0.05, 0.1) is 0 Å². The first-order valence-corrected chi connectivity index (χ1v) is 7.18. The molecule has 0 unspecified atom stereocenters. The highest BCUT2D eigenvalue weighted by molar-refractivity contribution is 5.78. The van der Waals surface area contributed by atoms with Crippen molar-refractivity contribution in [1.82, 2.24) is 0 Å². The van der Waals surface area contributed by atoms with E-state index in [1.807, 2.05) is 0 Å². The van der Waals surface area contributed by atoms with Gasteiger partial charge in [0, 0.05) is 19.3 Å². The van der Waals surface area contributed by atoms with E-state index in [-0.39, 0.29) is 5.78 Å². The molecule has 2 heteroatoms. The fourth-order valence-electron chi connectivity index (χ4n) is 1.92. The topological polar surface area (TPSA) is 34.1 Å². The average Bonchev–Trinajstić information content (AvgIpc) is 2.28. The Morgan fingerprint density at radius 2 is 1.18 bits per heavy atom. The number of ketones is 2. The van der Waals surface area contributed by atoms with E-state index >= 15 is 0 Å². The minimum Gasteiger partial charge on any atom is -0.300 e. The van der Waals surface area contributed by atoms with E-state index in [1.165, 1.54) is 25.7 Å². The van der Waals surface area contributed by atoms with E-state index in [4.69, 9.17) is 0 Å². The van der Waals surface area contributed by atoms with Crippen LogP contribution < -0.4 is 0 Å². The molecule has 0 aromatic heterocycles. The van der Waals surface area contributed by atoms with E-state index < -0.39 is 0 Å². The summed E-state index contributed by atoms with van der Waals surface area (Å²) in [6.45, 7) is 3.83. The van der Waals surface area contributed by atoms with Crippen LogP contribution in [0.3, 0.4) is 0 Å². The smallest absolute Gasteiger partial charge is 0.132 e. The SMILES string of the molecule is CCCCCCCC(=O)CCCCCC(C)=O. The average molecular weight is 240 g/mol. The van der Waals surface area contributed by atoms with Crippen LogP contribution in [0.2, 0.25) is 0 Å². The molecule has 17 heavy (non-hydrogen) atoms. The molecule has 0 heterocycles. The van der Waals surface area contributed by atoms with Gasteiger partial charge in [-0.15, -0.1) is 0 Å². The number of unbranched alkanes of at least 4 members (excludes halogenated alkanes) is 6. The van der Waals surface area contributed by atoms with Gasteiger partial charge >= 0.3 is 0 Å². The quantitative estimate of drug-likeness (QED) is 0.472. The summed E-state index contributed by atoms with van der Waals surface area (Å²) in [5.74, 6) is 0.663. The molecular formula is C15H28O2. The molecule has 0 bridgehead atoms. The van der Waals surface area contributed by atoms with Crippen molar-refractivity contribution >= 4 is 11.6 Å². The van der Waals surface area contributed by atoms with Crippen LogP contribution in [-0.2, 0) is 9.59 Å². The molecule has 0 radical (unpaired) electrons. The molecule has 0 aromatic carbocycles. The number of rotatable bonds is 12. The summed E-state index contributed by atoms with van der Waals surface area (Å²) in [7, 11) is 0. The van der Waals surface area contributed by atoms with E-state index in [0.29, 0.717) is 18.6 Å². The zero-order chi connectivity index (χ0) is 12.9. The largest absolute Gasteiger partial charge is 0.300 e. The number of carbonyl (C=O) groups excluding carboxylic acids is 2. The Morgan fingerprint density at radius 3 is 1.71 bits per heavy atom. The summed E-state index contributed by atoms with van der Waals surface area (Å²) in [4.78, 5) is 22.2. The third kappa shape index (κ3) is 13.3. The predicted octanol–water partition coefficient (Wildman–Crippen LogP) is 4.46. The summed E-state index contributed by atoms with van der Waals surface area (Å²) in [6, 6.07) is 0. The first kappa shape index (κ1) is 16.3. The van der Waals surface area contributed by atoms with Gasteiger partial charge in [-0.2, -0.15) is 0 Å². The molecule has 0 aliphatic carbocycles. The third-order valence-corrected chi connectivity index (χ3v) is 3.04. The van der Waals surface area contributed by atoms with Crippen molar-refractivity contribution in [1.29, 1.82) is 0 Å². The van der Waals surface area contributed by atoms with Crippen molar-refractivity contribution in [3.05, 3.63) is 0 Å². The molecule has 0 saturated heterocycles. The molecule has 0 saturated carbocycles. The summed E-state index contributed by atoms with van der Waals surface area (Å²) >= 11 is 0. The van der Waals surface area contributed by atoms with Gasteiger partial charge in [0.15, 0.2) is 0 Å². The van der Waals surface area contributed by atoms with E-state index in [9.17, 15) is 9.59 Å². The first-order chi connectivity index (χ1) is 8.16. The van der Waals surface area contributed by atoms with Crippen LogP contribution in [0.25, 0.3) is 0 Å². The van der Waals surface area contributed by atoms with Crippen LogP contribution in [-0.4, -0.2) is 11.6 Å². The molecule has 2 nitrogen and oxygen atoms in total. The van der Waals surface area contributed by atoms with Crippen LogP contribution in [0.5, 0.6) is 0 Å². The Hall–Kier alpha value is -0.660. The zero-order valence-electron chi connectivity index (χ0n) is 11.6. The van der Waals surface area contributed by atoms with Gasteiger partial charge < -0.3 is 4.79 Å². The molecule has 0 atom stereocenters. The van der Waals surface area contributed by atoms with Gasteiger partial charge in [-0.05, 0) is 26.2 Å². The van der Waals surface area contributed by atoms with Gasteiger partial charge in [0.2, 0.25) is 0 Å². The summed E-state index contributed by atoms with van der Waals surface area (Å²) in [5.41, 5.74) is 0. The van der Waals surface area contributed by atoms with Gasteiger partial charge in [0.25, 0.3) is 0 Å². The molecular weight excluding hydrogens is 212 g/mol. The molecule has 0 amide bonds. The Kier molecular flexibility index (Phi) is 11.4. The highest BCUT2D eigenvalue weighted by Crippen LogP contribution is 2.09. The fraction of sp³-hybridized carbons (Fsp3) is 0.867. The fourth-order valence-corrected chi connectivity index (χ4v) is 1.92. The molecule has 0 aliphatic rings. The maximum absolute atomic E-state index is 11.5. The summed E-state index contributed by atoms with van der Waals surface area (Å²) in [5, 5.41) is 0. The molecule has 0 spiro atoms. The van der Waals surface area contributed by atoms with Crippen LogP contribution in [0, 0.1) is 0 Å². The monoisotopic (exact) mass is 240 g/mol. The minimum absolute atomic E-state index is 0.257. The van der Waals surface area contributed by atoms with Gasteiger partial charge in [-0.3, -0.25) is 4.79 Å². The maximum atomic E-state index is 11.5. The summed E-state index contributed by atoms with van der Waals surface area (Å²) in [6.07, 6.45) is 11.1. The van der Waals surface area contributed by atoms with E-state index in [0.717, 1.165) is 32.1 Å². The van der Waals surface area contributed by atoms with Crippen LogP contribution in [0.15, 0.2) is 0 Å². The molecule has 0 aromatic rings. The molecule has 100 valence electrons.